The standard InChI is InChI=1S/C20H21N3O4S/c1-15-14-28-20(25)23(15)13-18(24)21-11-16-7-8-19(22-12-16)27-10-9-26-17-5-3-2-4-6-17/h2-8,12,14H,9-11,13H2,1H3,(H,21,24). The Labute approximate surface area is 166 Å². The van der Waals surface area contributed by atoms with Gasteiger partial charge in [-0.1, -0.05) is 35.6 Å². The first-order valence-corrected chi connectivity index (χ1v) is 9.67. The van der Waals surface area contributed by atoms with Crippen molar-refractivity contribution in [1.29, 1.82) is 0 Å². The van der Waals surface area contributed by atoms with E-state index in [1.54, 1.807) is 24.6 Å². The van der Waals surface area contributed by atoms with Crippen molar-refractivity contribution in [1.82, 2.24) is 14.9 Å². The molecule has 0 spiro atoms. The molecule has 2 heterocycles. The molecule has 3 aromatic rings. The molecule has 0 bridgehead atoms. The number of hydrogen-bond donors (Lipinski definition) is 1. The van der Waals surface area contributed by atoms with Crippen LogP contribution in [0.1, 0.15) is 11.3 Å². The fourth-order valence-electron chi connectivity index (χ4n) is 2.42. The number of ether oxygens (including phenoxy) is 2. The fraction of sp³-hybridized carbons (Fsp3) is 0.250. The van der Waals surface area contributed by atoms with Gasteiger partial charge in [-0.25, -0.2) is 4.98 Å². The van der Waals surface area contributed by atoms with Crippen LogP contribution in [-0.4, -0.2) is 28.7 Å². The number of thiazole rings is 1. The lowest BCUT2D eigenvalue weighted by Crippen LogP contribution is -2.30. The van der Waals surface area contributed by atoms with Crippen LogP contribution < -0.4 is 19.7 Å². The summed E-state index contributed by atoms with van der Waals surface area (Å²) >= 11 is 1.09. The summed E-state index contributed by atoms with van der Waals surface area (Å²) in [7, 11) is 0. The zero-order chi connectivity index (χ0) is 19.8. The minimum Gasteiger partial charge on any atom is -0.490 e. The van der Waals surface area contributed by atoms with Gasteiger partial charge in [-0.2, -0.15) is 0 Å². The van der Waals surface area contributed by atoms with Crippen molar-refractivity contribution in [2.75, 3.05) is 13.2 Å². The van der Waals surface area contributed by atoms with E-state index in [0.29, 0.717) is 25.6 Å². The Morgan fingerprint density at radius 1 is 1.14 bits per heavy atom. The molecular weight excluding hydrogens is 378 g/mol. The Morgan fingerprint density at radius 2 is 1.93 bits per heavy atom. The van der Waals surface area contributed by atoms with Crippen LogP contribution in [0.5, 0.6) is 11.6 Å². The lowest BCUT2D eigenvalue weighted by Gasteiger charge is -2.09. The quantitative estimate of drug-likeness (QED) is 0.559. The zero-order valence-corrected chi connectivity index (χ0v) is 16.3. The average molecular weight is 399 g/mol. The molecule has 28 heavy (non-hydrogen) atoms. The lowest BCUT2D eigenvalue weighted by atomic mass is 10.3. The topological polar surface area (TPSA) is 82.5 Å². The summed E-state index contributed by atoms with van der Waals surface area (Å²) in [5.41, 5.74) is 1.63. The van der Waals surface area contributed by atoms with Crippen molar-refractivity contribution in [2.45, 2.75) is 20.0 Å². The maximum atomic E-state index is 12.0. The van der Waals surface area contributed by atoms with Crippen LogP contribution in [0.2, 0.25) is 0 Å². The van der Waals surface area contributed by atoms with Crippen LogP contribution in [0.15, 0.2) is 58.8 Å². The summed E-state index contributed by atoms with van der Waals surface area (Å²) in [6, 6.07) is 13.1. The predicted octanol–water partition coefficient (Wildman–Crippen LogP) is 2.39. The summed E-state index contributed by atoms with van der Waals surface area (Å²) in [4.78, 5) is 27.8. The van der Waals surface area contributed by atoms with Gasteiger partial charge >= 0.3 is 4.87 Å². The number of pyridine rings is 1. The third kappa shape index (κ3) is 5.68. The van der Waals surface area contributed by atoms with E-state index in [1.165, 1.54) is 4.57 Å². The third-order valence-corrected chi connectivity index (χ3v) is 4.79. The highest BCUT2D eigenvalue weighted by molar-refractivity contribution is 7.07. The van der Waals surface area contributed by atoms with Gasteiger partial charge in [-0.3, -0.25) is 14.2 Å². The molecule has 0 atom stereocenters. The molecule has 2 aromatic heterocycles. The summed E-state index contributed by atoms with van der Waals surface area (Å²) < 4.78 is 12.5. The SMILES string of the molecule is Cc1csc(=O)n1CC(=O)NCc1ccc(OCCOc2ccccc2)nc1. The largest absolute Gasteiger partial charge is 0.490 e. The first kappa shape index (κ1) is 19.6. The predicted molar refractivity (Wildman–Crippen MR) is 107 cm³/mol. The van der Waals surface area contributed by atoms with Gasteiger partial charge in [-0.15, -0.1) is 0 Å². The summed E-state index contributed by atoms with van der Waals surface area (Å²) in [6.07, 6.45) is 1.65. The number of amides is 1. The molecule has 146 valence electrons. The van der Waals surface area contributed by atoms with Crippen LogP contribution in [0.3, 0.4) is 0 Å². The molecule has 0 fully saturated rings. The number of aryl methyl sites for hydroxylation is 1. The van der Waals surface area contributed by atoms with Gasteiger partial charge in [0.1, 0.15) is 25.5 Å². The van der Waals surface area contributed by atoms with E-state index in [-0.39, 0.29) is 17.3 Å². The van der Waals surface area contributed by atoms with E-state index in [9.17, 15) is 9.59 Å². The number of hydrogen-bond acceptors (Lipinski definition) is 6. The van der Waals surface area contributed by atoms with E-state index in [2.05, 4.69) is 10.3 Å². The van der Waals surface area contributed by atoms with E-state index < -0.39 is 0 Å². The molecule has 7 nitrogen and oxygen atoms in total. The number of carbonyl (C=O) groups is 1. The van der Waals surface area contributed by atoms with Gasteiger partial charge in [0.15, 0.2) is 0 Å². The second-order valence-electron chi connectivity index (χ2n) is 6.02. The lowest BCUT2D eigenvalue weighted by molar-refractivity contribution is -0.121. The van der Waals surface area contributed by atoms with Gasteiger partial charge in [0, 0.05) is 29.9 Å². The molecule has 1 N–H and O–H groups in total. The van der Waals surface area contributed by atoms with Crippen molar-refractivity contribution in [3.8, 4) is 11.6 Å². The summed E-state index contributed by atoms with van der Waals surface area (Å²) in [5.74, 6) is 1.07. The molecular formula is C20H21N3O4S. The molecule has 0 aliphatic rings. The van der Waals surface area contributed by atoms with Gasteiger partial charge < -0.3 is 14.8 Å². The number of aromatic nitrogens is 2. The van der Waals surface area contributed by atoms with Crippen molar-refractivity contribution >= 4 is 17.2 Å². The number of carbonyl (C=O) groups excluding carboxylic acids is 1. The van der Waals surface area contributed by atoms with Crippen molar-refractivity contribution in [3.05, 3.63) is 75.0 Å². The van der Waals surface area contributed by atoms with Gasteiger partial charge in [-0.05, 0) is 24.6 Å². The van der Waals surface area contributed by atoms with E-state index >= 15 is 0 Å². The normalized spacial score (nSPS) is 10.5. The molecule has 1 amide bonds. The van der Waals surface area contributed by atoms with Crippen molar-refractivity contribution in [2.24, 2.45) is 0 Å². The minimum atomic E-state index is -0.220. The van der Waals surface area contributed by atoms with Gasteiger partial charge in [0.2, 0.25) is 11.8 Å². The van der Waals surface area contributed by atoms with Crippen molar-refractivity contribution < 1.29 is 14.3 Å². The molecule has 0 saturated carbocycles. The molecule has 0 aliphatic carbocycles. The van der Waals surface area contributed by atoms with Crippen LogP contribution in [-0.2, 0) is 17.9 Å². The Balaban J connectivity index is 1.39. The molecule has 8 heteroatoms. The molecule has 0 aliphatic heterocycles. The highest BCUT2D eigenvalue weighted by Crippen LogP contribution is 2.10. The molecule has 0 unspecified atom stereocenters. The number of para-hydroxylation sites is 1. The highest BCUT2D eigenvalue weighted by atomic mass is 32.1. The first-order valence-electron chi connectivity index (χ1n) is 8.79. The van der Waals surface area contributed by atoms with E-state index in [1.807, 2.05) is 36.4 Å². The maximum absolute atomic E-state index is 12.0. The maximum Gasteiger partial charge on any atom is 0.307 e. The van der Waals surface area contributed by atoms with E-state index in [0.717, 1.165) is 28.3 Å². The molecule has 0 saturated heterocycles. The van der Waals surface area contributed by atoms with E-state index in [4.69, 9.17) is 9.47 Å². The van der Waals surface area contributed by atoms with Gasteiger partial charge in [0.25, 0.3) is 0 Å². The third-order valence-electron chi connectivity index (χ3n) is 3.91. The highest BCUT2D eigenvalue weighted by Gasteiger charge is 2.08. The average Bonchev–Trinajstić information content (AvgIpc) is 3.03. The summed E-state index contributed by atoms with van der Waals surface area (Å²) in [6.45, 7) is 2.96. The first-order chi connectivity index (χ1) is 13.6. The Bertz CT molecular complexity index is 952. The molecule has 0 radical (unpaired) electrons. The van der Waals surface area contributed by atoms with Crippen LogP contribution in [0.25, 0.3) is 0 Å². The Kier molecular flexibility index (Phi) is 6.80. The second kappa shape index (κ2) is 9.70. The number of nitrogens with zero attached hydrogens (tertiary/aromatic N) is 2. The molecule has 1 aromatic carbocycles. The second-order valence-corrected chi connectivity index (χ2v) is 6.84. The minimum absolute atomic E-state index is 0.0181. The smallest absolute Gasteiger partial charge is 0.307 e. The number of nitrogens with one attached hydrogen (secondary N) is 1. The Hall–Kier alpha value is -3.13. The monoisotopic (exact) mass is 399 g/mol. The number of rotatable bonds is 9. The number of benzene rings is 1. The zero-order valence-electron chi connectivity index (χ0n) is 15.5. The van der Waals surface area contributed by atoms with Crippen LogP contribution in [0, 0.1) is 6.92 Å². The summed E-state index contributed by atoms with van der Waals surface area (Å²) in [5, 5.41) is 4.53. The fourth-order valence-corrected chi connectivity index (χ4v) is 3.15. The molecule has 3 rings (SSSR count). The van der Waals surface area contributed by atoms with Crippen LogP contribution >= 0.6 is 11.3 Å². The Morgan fingerprint density at radius 3 is 2.61 bits per heavy atom. The van der Waals surface area contributed by atoms with Crippen molar-refractivity contribution in [3.63, 3.8) is 0 Å². The van der Waals surface area contributed by atoms with Crippen LogP contribution in [0.4, 0.5) is 0 Å². The van der Waals surface area contributed by atoms with Gasteiger partial charge in [0.05, 0.1) is 0 Å².